The van der Waals surface area contributed by atoms with Gasteiger partial charge in [-0.25, -0.2) is 4.39 Å². The number of benzene rings is 1. The molecule has 1 N–H and O–H groups in total. The molecule has 0 bridgehead atoms. The van der Waals surface area contributed by atoms with Gasteiger partial charge in [0, 0.05) is 12.5 Å². The molecule has 1 saturated heterocycles. The maximum absolute atomic E-state index is 13.0. The average molecular weight is 371 g/mol. The summed E-state index contributed by atoms with van der Waals surface area (Å²) in [5.74, 6) is 0.544. The highest BCUT2D eigenvalue weighted by Crippen LogP contribution is 2.56. The zero-order valence-corrected chi connectivity index (χ0v) is 16.2. The second-order valence-electron chi connectivity index (χ2n) is 8.98. The molecule has 0 aromatic heterocycles. The van der Waals surface area contributed by atoms with Crippen LogP contribution in [-0.2, 0) is 16.0 Å². The molecule has 27 heavy (non-hydrogen) atoms. The number of ether oxygens (including phenoxy) is 1. The molecule has 1 aromatic rings. The summed E-state index contributed by atoms with van der Waals surface area (Å²) in [7, 11) is 0. The summed E-state index contributed by atoms with van der Waals surface area (Å²) in [6, 6.07) is 6.61. The molecule has 5 atom stereocenters. The van der Waals surface area contributed by atoms with E-state index in [1.165, 1.54) is 30.5 Å². The summed E-state index contributed by atoms with van der Waals surface area (Å²) in [6.07, 6.45) is 6.49. The van der Waals surface area contributed by atoms with Crippen molar-refractivity contribution in [2.45, 2.75) is 51.6 Å². The standard InChI is InChI=1S/C23H30FNO2/c1-15-4-3-10-23(2)13-21-18(12-20(15)23)19(22(26)27-21)14-25-11-9-16-5-7-17(24)8-6-16/h5-8,18-21,25H,1,3-4,9-14H2,2H3/t18-,19-,20-,21+,23-/m0/s1. The van der Waals surface area contributed by atoms with E-state index in [-0.39, 0.29) is 29.2 Å². The number of carbonyl (C=O) groups is 1. The van der Waals surface area contributed by atoms with Crippen LogP contribution in [-0.4, -0.2) is 25.2 Å². The summed E-state index contributed by atoms with van der Waals surface area (Å²) in [4.78, 5) is 12.5. The molecule has 1 aromatic carbocycles. The van der Waals surface area contributed by atoms with Crippen LogP contribution in [0.5, 0.6) is 0 Å². The molecule has 0 spiro atoms. The van der Waals surface area contributed by atoms with Crippen LogP contribution in [0.4, 0.5) is 4.39 Å². The van der Waals surface area contributed by atoms with Gasteiger partial charge in [0.2, 0.25) is 0 Å². The molecule has 0 unspecified atom stereocenters. The highest BCUT2D eigenvalue weighted by atomic mass is 19.1. The largest absolute Gasteiger partial charge is 0.462 e. The molecule has 4 rings (SSSR count). The highest BCUT2D eigenvalue weighted by molar-refractivity contribution is 5.75. The summed E-state index contributed by atoms with van der Waals surface area (Å²) < 4.78 is 18.8. The zero-order valence-electron chi connectivity index (χ0n) is 16.2. The van der Waals surface area contributed by atoms with E-state index in [4.69, 9.17) is 4.74 Å². The van der Waals surface area contributed by atoms with Crippen LogP contribution in [0.15, 0.2) is 36.4 Å². The van der Waals surface area contributed by atoms with Crippen LogP contribution in [0.25, 0.3) is 0 Å². The third-order valence-electron chi connectivity index (χ3n) is 7.19. The van der Waals surface area contributed by atoms with E-state index in [9.17, 15) is 9.18 Å². The fraction of sp³-hybridized carbons (Fsp3) is 0.609. The van der Waals surface area contributed by atoms with Gasteiger partial charge in [-0.3, -0.25) is 4.79 Å². The summed E-state index contributed by atoms with van der Waals surface area (Å²) >= 11 is 0. The number of rotatable bonds is 5. The molecule has 0 amide bonds. The van der Waals surface area contributed by atoms with Crippen LogP contribution in [0.3, 0.4) is 0 Å². The van der Waals surface area contributed by atoms with E-state index in [1.54, 1.807) is 0 Å². The number of halogens is 1. The minimum absolute atomic E-state index is 0.0351. The minimum Gasteiger partial charge on any atom is -0.462 e. The predicted octanol–water partition coefficient (Wildman–Crippen LogP) is 4.27. The second kappa shape index (κ2) is 7.38. The minimum atomic E-state index is -0.208. The maximum Gasteiger partial charge on any atom is 0.310 e. The van der Waals surface area contributed by atoms with E-state index < -0.39 is 0 Å². The highest BCUT2D eigenvalue weighted by Gasteiger charge is 2.54. The molecule has 1 aliphatic heterocycles. The van der Waals surface area contributed by atoms with Crippen molar-refractivity contribution in [1.82, 2.24) is 5.32 Å². The van der Waals surface area contributed by atoms with Crippen LogP contribution in [0, 0.1) is 29.0 Å². The van der Waals surface area contributed by atoms with E-state index in [0.717, 1.165) is 37.8 Å². The van der Waals surface area contributed by atoms with Crippen molar-refractivity contribution in [3.63, 3.8) is 0 Å². The Morgan fingerprint density at radius 2 is 2.11 bits per heavy atom. The lowest BCUT2D eigenvalue weighted by Gasteiger charge is -2.50. The Balaban J connectivity index is 1.34. The van der Waals surface area contributed by atoms with Crippen molar-refractivity contribution in [1.29, 1.82) is 0 Å². The van der Waals surface area contributed by atoms with Gasteiger partial charge in [0.15, 0.2) is 0 Å². The smallest absolute Gasteiger partial charge is 0.310 e. The summed E-state index contributed by atoms with van der Waals surface area (Å²) in [6.45, 7) is 8.15. The van der Waals surface area contributed by atoms with E-state index >= 15 is 0 Å². The van der Waals surface area contributed by atoms with Crippen LogP contribution in [0.1, 0.15) is 44.6 Å². The van der Waals surface area contributed by atoms with Crippen molar-refractivity contribution in [3.8, 4) is 0 Å². The summed E-state index contributed by atoms with van der Waals surface area (Å²) in [5, 5.41) is 3.43. The molecule has 1 heterocycles. The second-order valence-corrected chi connectivity index (χ2v) is 8.98. The van der Waals surface area contributed by atoms with Gasteiger partial charge in [-0.1, -0.05) is 31.2 Å². The monoisotopic (exact) mass is 371 g/mol. The molecule has 3 aliphatic rings. The first-order valence-corrected chi connectivity index (χ1v) is 10.3. The van der Waals surface area contributed by atoms with Crippen molar-refractivity contribution in [3.05, 3.63) is 47.8 Å². The zero-order chi connectivity index (χ0) is 19.0. The molecule has 3 nitrogen and oxygen atoms in total. The lowest BCUT2D eigenvalue weighted by Crippen LogP contribution is -2.45. The van der Waals surface area contributed by atoms with Crippen LogP contribution in [0.2, 0.25) is 0 Å². The Morgan fingerprint density at radius 1 is 1.33 bits per heavy atom. The molecule has 146 valence electrons. The lowest BCUT2D eigenvalue weighted by atomic mass is 9.55. The van der Waals surface area contributed by atoms with Crippen molar-refractivity contribution < 1.29 is 13.9 Å². The summed E-state index contributed by atoms with van der Waals surface area (Å²) in [5.41, 5.74) is 2.73. The molecular weight excluding hydrogens is 341 g/mol. The van der Waals surface area contributed by atoms with Crippen molar-refractivity contribution >= 4 is 5.97 Å². The predicted molar refractivity (Wildman–Crippen MR) is 104 cm³/mol. The van der Waals surface area contributed by atoms with Gasteiger partial charge in [-0.15, -0.1) is 0 Å². The average Bonchev–Trinajstić information content (AvgIpc) is 2.92. The number of allylic oxidation sites excluding steroid dienone is 1. The Labute approximate surface area is 161 Å². The third-order valence-corrected chi connectivity index (χ3v) is 7.19. The third kappa shape index (κ3) is 3.69. The van der Waals surface area contributed by atoms with Crippen LogP contribution >= 0.6 is 0 Å². The van der Waals surface area contributed by atoms with E-state index in [2.05, 4.69) is 18.8 Å². The van der Waals surface area contributed by atoms with Gasteiger partial charge < -0.3 is 10.1 Å². The molecule has 2 aliphatic carbocycles. The molecule has 2 saturated carbocycles. The molecule has 0 radical (unpaired) electrons. The Kier molecular flexibility index (Phi) is 5.11. The number of nitrogens with one attached hydrogen (secondary N) is 1. The topological polar surface area (TPSA) is 38.3 Å². The van der Waals surface area contributed by atoms with E-state index in [0.29, 0.717) is 18.4 Å². The molecular formula is C23H30FNO2. The number of fused-ring (bicyclic) bond motifs is 2. The Morgan fingerprint density at radius 3 is 2.89 bits per heavy atom. The van der Waals surface area contributed by atoms with Gasteiger partial charge in [-0.05, 0) is 74.1 Å². The van der Waals surface area contributed by atoms with Gasteiger partial charge in [-0.2, -0.15) is 0 Å². The van der Waals surface area contributed by atoms with Gasteiger partial charge in [0.1, 0.15) is 11.9 Å². The SMILES string of the molecule is C=C1CCC[C@@]2(C)C[C@H]3OC(=O)[C@@H](CNCCc4ccc(F)cc4)[C@@H]3C[C@@H]12. The van der Waals surface area contributed by atoms with Gasteiger partial charge in [0.25, 0.3) is 0 Å². The fourth-order valence-corrected chi connectivity index (χ4v) is 5.63. The van der Waals surface area contributed by atoms with Crippen molar-refractivity contribution in [2.75, 3.05) is 13.1 Å². The van der Waals surface area contributed by atoms with Crippen LogP contribution < -0.4 is 5.32 Å². The van der Waals surface area contributed by atoms with Crippen molar-refractivity contribution in [2.24, 2.45) is 23.2 Å². The Hall–Kier alpha value is -1.68. The normalized spacial score (nSPS) is 35.5. The molecule has 4 heteroatoms. The quantitative estimate of drug-likeness (QED) is 0.477. The molecule has 3 fully saturated rings. The number of hydrogen-bond acceptors (Lipinski definition) is 3. The first kappa shape index (κ1) is 18.7. The first-order valence-electron chi connectivity index (χ1n) is 10.3. The Bertz CT molecular complexity index is 716. The lowest BCUT2D eigenvalue weighted by molar-refractivity contribution is -0.146. The first-order chi connectivity index (χ1) is 13.0. The van der Waals surface area contributed by atoms with E-state index in [1.807, 2.05) is 12.1 Å². The maximum atomic E-state index is 13.0. The fourth-order valence-electron chi connectivity index (χ4n) is 5.63. The number of esters is 1. The number of hydrogen-bond donors (Lipinski definition) is 1. The number of carbonyl (C=O) groups excluding carboxylic acids is 1. The van der Waals surface area contributed by atoms with Gasteiger partial charge in [0.05, 0.1) is 5.92 Å². The van der Waals surface area contributed by atoms with Gasteiger partial charge >= 0.3 is 5.97 Å².